The zero-order valence-corrected chi connectivity index (χ0v) is 14.3. The number of aryl methyl sites for hydroxylation is 1. The van der Waals surface area contributed by atoms with Gasteiger partial charge in [0.1, 0.15) is 11.1 Å². The van der Waals surface area contributed by atoms with Crippen LogP contribution in [0.15, 0.2) is 36.4 Å². The van der Waals surface area contributed by atoms with Crippen LogP contribution < -0.4 is 4.74 Å². The van der Waals surface area contributed by atoms with Crippen LogP contribution in [0.3, 0.4) is 0 Å². The zero-order valence-electron chi connectivity index (χ0n) is 13.5. The largest absolute Gasteiger partial charge is 0.472 e. The van der Waals surface area contributed by atoms with E-state index in [0.29, 0.717) is 25.4 Å². The highest BCUT2D eigenvalue weighted by molar-refractivity contribution is 6.32. The first kappa shape index (κ1) is 17.2. The van der Waals surface area contributed by atoms with Gasteiger partial charge in [-0.2, -0.15) is 0 Å². The smallest absolute Gasteiger partial charge is 0.288 e. The molecule has 1 amide bonds. The van der Waals surface area contributed by atoms with Gasteiger partial charge in [-0.25, -0.2) is 4.98 Å². The number of aromatic nitrogens is 1. The van der Waals surface area contributed by atoms with E-state index < -0.39 is 4.92 Å². The molecule has 0 saturated carbocycles. The molecule has 8 heteroatoms. The Morgan fingerprint density at radius 2 is 2.20 bits per heavy atom. The van der Waals surface area contributed by atoms with E-state index in [1.807, 2.05) is 19.1 Å². The summed E-state index contributed by atoms with van der Waals surface area (Å²) in [5, 5.41) is 11.0. The maximum absolute atomic E-state index is 12.6. The maximum Gasteiger partial charge on any atom is 0.288 e. The molecule has 1 fully saturated rings. The van der Waals surface area contributed by atoms with Gasteiger partial charge in [-0.3, -0.25) is 14.9 Å². The maximum atomic E-state index is 12.6. The molecule has 1 aliphatic rings. The SMILES string of the molecule is Cc1cccc(OC2CCN(C(=O)c3ccc(Cl)c([N+](=O)[O-])c3)C2)n1. The number of rotatable bonds is 4. The number of halogens is 1. The van der Waals surface area contributed by atoms with Crippen LogP contribution in [-0.4, -0.2) is 39.9 Å². The lowest BCUT2D eigenvalue weighted by Crippen LogP contribution is -2.31. The fraction of sp³-hybridized carbons (Fsp3) is 0.294. The lowest BCUT2D eigenvalue weighted by molar-refractivity contribution is -0.384. The Bertz CT molecular complexity index is 827. The number of nitrogens with zero attached hydrogens (tertiary/aromatic N) is 3. The van der Waals surface area contributed by atoms with Crippen molar-refractivity contribution in [1.82, 2.24) is 9.88 Å². The summed E-state index contributed by atoms with van der Waals surface area (Å²) in [6.45, 7) is 2.81. The van der Waals surface area contributed by atoms with Gasteiger partial charge in [0, 0.05) is 36.4 Å². The summed E-state index contributed by atoms with van der Waals surface area (Å²) in [6, 6.07) is 9.59. The van der Waals surface area contributed by atoms with Crippen LogP contribution in [0.4, 0.5) is 5.69 Å². The summed E-state index contributed by atoms with van der Waals surface area (Å²) >= 11 is 5.79. The van der Waals surface area contributed by atoms with Crippen molar-refractivity contribution in [2.45, 2.75) is 19.4 Å². The molecular formula is C17H16ClN3O4. The van der Waals surface area contributed by atoms with Crippen LogP contribution in [0.25, 0.3) is 0 Å². The fourth-order valence-corrected chi connectivity index (χ4v) is 2.92. The van der Waals surface area contributed by atoms with Gasteiger partial charge in [0.15, 0.2) is 0 Å². The summed E-state index contributed by atoms with van der Waals surface area (Å²) in [5.74, 6) is 0.254. The predicted octanol–water partition coefficient (Wildman–Crippen LogP) is 3.25. The second kappa shape index (κ2) is 7.06. The number of carbonyl (C=O) groups excluding carboxylic acids is 1. The third kappa shape index (κ3) is 3.88. The molecule has 1 saturated heterocycles. The molecule has 130 valence electrons. The number of ether oxygens (including phenoxy) is 1. The highest BCUT2D eigenvalue weighted by atomic mass is 35.5. The quantitative estimate of drug-likeness (QED) is 0.616. The predicted molar refractivity (Wildman–Crippen MR) is 92.0 cm³/mol. The van der Waals surface area contributed by atoms with Gasteiger partial charge in [0.05, 0.1) is 11.5 Å². The van der Waals surface area contributed by atoms with E-state index in [1.54, 1.807) is 11.0 Å². The minimum Gasteiger partial charge on any atom is -0.472 e. The monoisotopic (exact) mass is 361 g/mol. The second-order valence-corrected chi connectivity index (χ2v) is 6.23. The number of benzene rings is 1. The van der Waals surface area contributed by atoms with Crippen molar-refractivity contribution in [2.75, 3.05) is 13.1 Å². The van der Waals surface area contributed by atoms with Crippen LogP contribution in [-0.2, 0) is 0 Å². The van der Waals surface area contributed by atoms with E-state index in [4.69, 9.17) is 16.3 Å². The number of pyridine rings is 1. The Balaban J connectivity index is 1.68. The van der Waals surface area contributed by atoms with E-state index in [9.17, 15) is 14.9 Å². The average Bonchev–Trinajstić information content (AvgIpc) is 3.03. The van der Waals surface area contributed by atoms with Crippen LogP contribution in [0.5, 0.6) is 5.88 Å². The van der Waals surface area contributed by atoms with Crippen molar-refractivity contribution in [2.24, 2.45) is 0 Å². The highest BCUT2D eigenvalue weighted by Gasteiger charge is 2.29. The van der Waals surface area contributed by atoms with Gasteiger partial charge < -0.3 is 9.64 Å². The first-order valence-corrected chi connectivity index (χ1v) is 8.15. The highest BCUT2D eigenvalue weighted by Crippen LogP contribution is 2.26. The first-order chi connectivity index (χ1) is 11.9. The van der Waals surface area contributed by atoms with Crippen LogP contribution >= 0.6 is 11.6 Å². The van der Waals surface area contributed by atoms with Gasteiger partial charge in [0.25, 0.3) is 11.6 Å². The summed E-state index contributed by atoms with van der Waals surface area (Å²) in [5.41, 5.74) is 0.825. The minimum absolute atomic E-state index is 0.00898. The number of hydrogen-bond donors (Lipinski definition) is 0. The third-order valence-corrected chi connectivity index (χ3v) is 4.29. The Kier molecular flexibility index (Phi) is 4.85. The molecule has 2 heterocycles. The zero-order chi connectivity index (χ0) is 18.0. The van der Waals surface area contributed by atoms with Crippen molar-refractivity contribution in [3.05, 3.63) is 62.8 Å². The minimum atomic E-state index is -0.599. The molecule has 0 N–H and O–H groups in total. The molecule has 7 nitrogen and oxygen atoms in total. The van der Waals surface area contributed by atoms with Gasteiger partial charge in [-0.1, -0.05) is 17.7 Å². The standard InChI is InChI=1S/C17H16ClN3O4/c1-11-3-2-4-16(19-11)25-13-7-8-20(10-13)17(22)12-5-6-14(18)15(9-12)21(23)24/h2-6,9,13H,7-8,10H2,1H3. The number of likely N-dealkylation sites (tertiary alicyclic amines) is 1. The molecule has 0 bridgehead atoms. The molecule has 3 rings (SSSR count). The molecule has 2 aromatic rings. The Labute approximate surface area is 149 Å². The molecule has 25 heavy (non-hydrogen) atoms. The molecule has 1 aromatic heterocycles. The summed E-state index contributed by atoms with van der Waals surface area (Å²) in [4.78, 5) is 28.9. The van der Waals surface area contributed by atoms with E-state index in [-0.39, 0.29) is 28.3 Å². The summed E-state index contributed by atoms with van der Waals surface area (Å²) in [7, 11) is 0. The number of carbonyl (C=O) groups is 1. The van der Waals surface area contributed by atoms with Crippen molar-refractivity contribution in [1.29, 1.82) is 0 Å². The summed E-state index contributed by atoms with van der Waals surface area (Å²) < 4.78 is 5.82. The molecule has 0 spiro atoms. The van der Waals surface area contributed by atoms with Gasteiger partial charge in [0.2, 0.25) is 5.88 Å². The Morgan fingerprint density at radius 1 is 1.40 bits per heavy atom. The lowest BCUT2D eigenvalue weighted by atomic mass is 10.2. The first-order valence-electron chi connectivity index (χ1n) is 7.77. The van der Waals surface area contributed by atoms with Gasteiger partial charge >= 0.3 is 0 Å². The summed E-state index contributed by atoms with van der Waals surface area (Å²) in [6.07, 6.45) is 0.525. The molecule has 1 aliphatic heterocycles. The second-order valence-electron chi connectivity index (χ2n) is 5.82. The van der Waals surface area contributed by atoms with Crippen LogP contribution in [0.1, 0.15) is 22.5 Å². The molecule has 0 radical (unpaired) electrons. The molecular weight excluding hydrogens is 346 g/mol. The number of hydrogen-bond acceptors (Lipinski definition) is 5. The molecule has 1 aromatic carbocycles. The van der Waals surface area contributed by atoms with E-state index >= 15 is 0 Å². The Hall–Kier alpha value is -2.67. The average molecular weight is 362 g/mol. The van der Waals surface area contributed by atoms with Crippen molar-refractivity contribution in [3.63, 3.8) is 0 Å². The van der Waals surface area contributed by atoms with Crippen LogP contribution in [0.2, 0.25) is 5.02 Å². The number of amides is 1. The topological polar surface area (TPSA) is 85.6 Å². The normalized spacial score (nSPS) is 16.7. The van der Waals surface area contributed by atoms with Crippen LogP contribution in [0, 0.1) is 17.0 Å². The van der Waals surface area contributed by atoms with Crippen molar-refractivity contribution >= 4 is 23.2 Å². The Morgan fingerprint density at radius 3 is 2.92 bits per heavy atom. The number of nitro benzene ring substituents is 1. The molecule has 0 aliphatic carbocycles. The van der Waals surface area contributed by atoms with E-state index in [2.05, 4.69) is 4.98 Å². The van der Waals surface area contributed by atoms with Crippen molar-refractivity contribution < 1.29 is 14.5 Å². The fourth-order valence-electron chi connectivity index (χ4n) is 2.73. The van der Waals surface area contributed by atoms with Crippen molar-refractivity contribution in [3.8, 4) is 5.88 Å². The molecule has 1 atom stereocenters. The van der Waals surface area contributed by atoms with E-state index in [0.717, 1.165) is 5.69 Å². The van der Waals surface area contributed by atoms with Gasteiger partial charge in [-0.05, 0) is 25.1 Å². The van der Waals surface area contributed by atoms with E-state index in [1.165, 1.54) is 18.2 Å². The lowest BCUT2D eigenvalue weighted by Gasteiger charge is -2.17. The third-order valence-electron chi connectivity index (χ3n) is 3.97. The molecule has 1 unspecified atom stereocenters. The number of nitro groups is 1. The van der Waals surface area contributed by atoms with Gasteiger partial charge in [-0.15, -0.1) is 0 Å².